The highest BCUT2D eigenvalue weighted by atomic mass is 19.4. The van der Waals surface area contributed by atoms with E-state index < -0.39 is 11.7 Å². The molecule has 24 heavy (non-hydrogen) atoms. The molecule has 0 atom stereocenters. The summed E-state index contributed by atoms with van der Waals surface area (Å²) in [6.07, 6.45) is -3.05. The van der Waals surface area contributed by atoms with Gasteiger partial charge in [0.1, 0.15) is 0 Å². The zero-order valence-corrected chi connectivity index (χ0v) is 12.5. The standard InChI is InChI=1S/C18H13F3N2O/c19-18(20,21)15-8-4-5-13(9-15)11-23-12-22-16(10-17(23)24)14-6-2-1-3-7-14/h1-10,12H,11H2. The van der Waals surface area contributed by atoms with Crippen molar-refractivity contribution >= 4 is 0 Å². The van der Waals surface area contributed by atoms with Gasteiger partial charge in [-0.25, -0.2) is 4.98 Å². The molecule has 0 N–H and O–H groups in total. The molecule has 122 valence electrons. The average Bonchev–Trinajstić information content (AvgIpc) is 2.57. The van der Waals surface area contributed by atoms with E-state index in [1.807, 2.05) is 30.3 Å². The maximum Gasteiger partial charge on any atom is 0.416 e. The summed E-state index contributed by atoms with van der Waals surface area (Å²) in [4.78, 5) is 16.4. The predicted molar refractivity (Wildman–Crippen MR) is 84.5 cm³/mol. The summed E-state index contributed by atoms with van der Waals surface area (Å²) in [5.41, 5.74) is 0.672. The molecule has 0 saturated heterocycles. The van der Waals surface area contributed by atoms with Gasteiger partial charge in [0.15, 0.2) is 0 Å². The third-order valence-corrected chi connectivity index (χ3v) is 3.56. The minimum atomic E-state index is -4.41. The van der Waals surface area contributed by atoms with E-state index in [1.165, 1.54) is 23.0 Å². The van der Waals surface area contributed by atoms with Crippen molar-refractivity contribution in [3.8, 4) is 11.3 Å². The number of hydrogen-bond donors (Lipinski definition) is 0. The number of nitrogens with zero attached hydrogens (tertiary/aromatic N) is 2. The van der Waals surface area contributed by atoms with Crippen molar-refractivity contribution in [1.29, 1.82) is 0 Å². The van der Waals surface area contributed by atoms with E-state index in [0.29, 0.717) is 11.3 Å². The van der Waals surface area contributed by atoms with Crippen LogP contribution in [0.5, 0.6) is 0 Å². The number of rotatable bonds is 3. The molecule has 2 aromatic carbocycles. The highest BCUT2D eigenvalue weighted by Crippen LogP contribution is 2.29. The van der Waals surface area contributed by atoms with Crippen molar-refractivity contribution in [2.75, 3.05) is 0 Å². The molecule has 0 unspecified atom stereocenters. The van der Waals surface area contributed by atoms with Crippen LogP contribution in [0.2, 0.25) is 0 Å². The molecule has 0 aliphatic rings. The lowest BCUT2D eigenvalue weighted by Gasteiger charge is -2.10. The average molecular weight is 330 g/mol. The molecular weight excluding hydrogens is 317 g/mol. The zero-order valence-electron chi connectivity index (χ0n) is 12.5. The Labute approximate surface area is 136 Å². The van der Waals surface area contributed by atoms with E-state index >= 15 is 0 Å². The molecule has 0 aliphatic heterocycles. The van der Waals surface area contributed by atoms with Crippen molar-refractivity contribution in [2.24, 2.45) is 0 Å². The largest absolute Gasteiger partial charge is 0.416 e. The molecule has 1 heterocycles. The lowest BCUT2D eigenvalue weighted by Crippen LogP contribution is -2.20. The molecular formula is C18H13F3N2O. The van der Waals surface area contributed by atoms with Crippen LogP contribution in [0.4, 0.5) is 13.2 Å². The third-order valence-electron chi connectivity index (χ3n) is 3.56. The predicted octanol–water partition coefficient (Wildman–Crippen LogP) is 3.98. The fourth-order valence-corrected chi connectivity index (χ4v) is 2.35. The van der Waals surface area contributed by atoms with Crippen LogP contribution in [0.15, 0.2) is 71.8 Å². The molecule has 0 fully saturated rings. The fraction of sp³-hybridized carbons (Fsp3) is 0.111. The van der Waals surface area contributed by atoms with Gasteiger partial charge in [-0.2, -0.15) is 13.2 Å². The Kier molecular flexibility index (Phi) is 4.20. The molecule has 0 spiro atoms. The van der Waals surface area contributed by atoms with Crippen LogP contribution >= 0.6 is 0 Å². The second kappa shape index (κ2) is 6.31. The molecule has 3 rings (SSSR count). The number of halogens is 3. The van der Waals surface area contributed by atoms with E-state index in [4.69, 9.17) is 0 Å². The molecule has 1 aromatic heterocycles. The van der Waals surface area contributed by atoms with Crippen LogP contribution < -0.4 is 5.56 Å². The summed E-state index contributed by atoms with van der Waals surface area (Å²) in [7, 11) is 0. The van der Waals surface area contributed by atoms with E-state index in [1.54, 1.807) is 6.07 Å². The molecule has 0 radical (unpaired) electrons. The topological polar surface area (TPSA) is 34.9 Å². The van der Waals surface area contributed by atoms with Gasteiger partial charge in [-0.05, 0) is 17.7 Å². The number of alkyl halides is 3. The summed E-state index contributed by atoms with van der Waals surface area (Å²) in [6, 6.07) is 15.5. The van der Waals surface area contributed by atoms with Crippen molar-refractivity contribution < 1.29 is 13.2 Å². The Morgan fingerprint density at radius 3 is 2.38 bits per heavy atom. The molecule has 6 heteroatoms. The number of hydrogen-bond acceptors (Lipinski definition) is 2. The third kappa shape index (κ3) is 3.53. The van der Waals surface area contributed by atoms with Crippen LogP contribution in [0.3, 0.4) is 0 Å². The summed E-state index contributed by atoms with van der Waals surface area (Å²) in [5, 5.41) is 0. The fourth-order valence-electron chi connectivity index (χ4n) is 2.35. The van der Waals surface area contributed by atoms with Gasteiger partial charge in [0.2, 0.25) is 0 Å². The molecule has 0 bridgehead atoms. The van der Waals surface area contributed by atoms with Gasteiger partial charge in [-0.15, -0.1) is 0 Å². The monoisotopic (exact) mass is 330 g/mol. The minimum Gasteiger partial charge on any atom is -0.295 e. The second-order valence-corrected chi connectivity index (χ2v) is 5.30. The Morgan fingerprint density at radius 1 is 0.958 bits per heavy atom. The first-order valence-electron chi connectivity index (χ1n) is 7.21. The van der Waals surface area contributed by atoms with Crippen molar-refractivity contribution in [1.82, 2.24) is 9.55 Å². The van der Waals surface area contributed by atoms with E-state index in [2.05, 4.69) is 4.98 Å². The van der Waals surface area contributed by atoms with Gasteiger partial charge in [-0.3, -0.25) is 9.36 Å². The first-order valence-corrected chi connectivity index (χ1v) is 7.21. The van der Waals surface area contributed by atoms with Gasteiger partial charge >= 0.3 is 6.18 Å². The van der Waals surface area contributed by atoms with Crippen molar-refractivity contribution in [2.45, 2.75) is 12.7 Å². The quantitative estimate of drug-likeness (QED) is 0.728. The molecule has 0 aliphatic carbocycles. The summed E-state index contributed by atoms with van der Waals surface area (Å²) in [5.74, 6) is 0. The normalized spacial score (nSPS) is 11.5. The van der Waals surface area contributed by atoms with E-state index in [9.17, 15) is 18.0 Å². The lowest BCUT2D eigenvalue weighted by molar-refractivity contribution is -0.137. The molecule has 0 amide bonds. The van der Waals surface area contributed by atoms with Gasteiger partial charge in [0.25, 0.3) is 5.56 Å². The molecule has 0 saturated carbocycles. The maximum absolute atomic E-state index is 12.7. The van der Waals surface area contributed by atoms with Crippen molar-refractivity contribution in [3.05, 3.63) is 88.5 Å². The van der Waals surface area contributed by atoms with Crippen LogP contribution in [0.1, 0.15) is 11.1 Å². The lowest BCUT2D eigenvalue weighted by atomic mass is 10.1. The van der Waals surface area contributed by atoms with Gasteiger partial charge in [-0.1, -0.05) is 42.5 Å². The molecule has 3 aromatic rings. The first-order chi connectivity index (χ1) is 11.4. The Balaban J connectivity index is 1.88. The van der Waals surface area contributed by atoms with E-state index in [-0.39, 0.29) is 12.1 Å². The van der Waals surface area contributed by atoms with Crippen LogP contribution in [0.25, 0.3) is 11.3 Å². The highest BCUT2D eigenvalue weighted by Gasteiger charge is 2.30. The maximum atomic E-state index is 12.7. The van der Waals surface area contributed by atoms with Crippen molar-refractivity contribution in [3.63, 3.8) is 0 Å². The van der Waals surface area contributed by atoms with Crippen LogP contribution in [0, 0.1) is 0 Å². The zero-order chi connectivity index (χ0) is 17.2. The smallest absolute Gasteiger partial charge is 0.295 e. The highest BCUT2D eigenvalue weighted by molar-refractivity contribution is 5.57. The van der Waals surface area contributed by atoms with Crippen LogP contribution in [-0.2, 0) is 12.7 Å². The number of benzene rings is 2. The summed E-state index contributed by atoms with van der Waals surface area (Å²) < 4.78 is 39.5. The number of aromatic nitrogens is 2. The Bertz CT molecular complexity index is 902. The first kappa shape index (κ1) is 16.0. The van der Waals surface area contributed by atoms with Crippen LogP contribution in [-0.4, -0.2) is 9.55 Å². The summed E-state index contributed by atoms with van der Waals surface area (Å²) >= 11 is 0. The Morgan fingerprint density at radius 2 is 1.71 bits per heavy atom. The van der Waals surface area contributed by atoms with Gasteiger partial charge in [0.05, 0.1) is 24.1 Å². The summed E-state index contributed by atoms with van der Waals surface area (Å²) in [6.45, 7) is 0.0326. The molecule has 3 nitrogen and oxygen atoms in total. The minimum absolute atomic E-state index is 0.0326. The van der Waals surface area contributed by atoms with Gasteiger partial charge < -0.3 is 0 Å². The SMILES string of the molecule is O=c1cc(-c2ccccc2)ncn1Cc1cccc(C(F)(F)F)c1. The van der Waals surface area contributed by atoms with E-state index in [0.717, 1.165) is 17.7 Å². The Hall–Kier alpha value is -2.89. The van der Waals surface area contributed by atoms with Gasteiger partial charge in [0, 0.05) is 11.6 Å². The second-order valence-electron chi connectivity index (χ2n) is 5.30.